The summed E-state index contributed by atoms with van der Waals surface area (Å²) in [5.74, 6) is 0. The van der Waals surface area contributed by atoms with Gasteiger partial charge in [0.25, 0.3) is 0 Å². The van der Waals surface area contributed by atoms with Crippen LogP contribution in [0.15, 0.2) is 27.6 Å². The zero-order chi connectivity index (χ0) is 12.6. The van der Waals surface area contributed by atoms with E-state index in [1.807, 2.05) is 0 Å². The molecule has 0 aromatic heterocycles. The van der Waals surface area contributed by atoms with Crippen LogP contribution in [0.5, 0.6) is 0 Å². The topological polar surface area (TPSA) is 72.2 Å². The van der Waals surface area contributed by atoms with Crippen molar-refractivity contribution in [2.24, 2.45) is 0 Å². The van der Waals surface area contributed by atoms with Gasteiger partial charge in [0.05, 0.1) is 4.90 Å². The minimum absolute atomic E-state index is 0.191. The first-order valence-corrected chi connectivity index (χ1v) is 6.98. The number of nitrogen functional groups attached to an aromatic ring is 1. The van der Waals surface area contributed by atoms with E-state index in [-0.39, 0.29) is 4.90 Å². The Balaban J connectivity index is 3.18. The summed E-state index contributed by atoms with van der Waals surface area (Å²) in [6.07, 6.45) is 0. The van der Waals surface area contributed by atoms with Crippen molar-refractivity contribution >= 4 is 31.6 Å². The average Bonchev–Trinajstić information content (AvgIpc) is 1.97. The minimum Gasteiger partial charge on any atom is -0.399 e. The van der Waals surface area contributed by atoms with Crippen molar-refractivity contribution in [1.82, 2.24) is 4.72 Å². The van der Waals surface area contributed by atoms with Gasteiger partial charge in [0.1, 0.15) is 0 Å². The van der Waals surface area contributed by atoms with Gasteiger partial charge < -0.3 is 5.73 Å². The molecule has 0 heterocycles. The van der Waals surface area contributed by atoms with Gasteiger partial charge in [0, 0.05) is 15.7 Å². The Morgan fingerprint density at radius 2 is 1.88 bits per heavy atom. The summed E-state index contributed by atoms with van der Waals surface area (Å²) in [7, 11) is -3.52. The highest BCUT2D eigenvalue weighted by Crippen LogP contribution is 2.25. The number of rotatable bonds is 2. The molecule has 0 aliphatic carbocycles. The Kier molecular flexibility index (Phi) is 3.66. The number of nitrogens with one attached hydrogen (secondary N) is 1. The van der Waals surface area contributed by atoms with E-state index in [2.05, 4.69) is 20.7 Å². The first-order chi connectivity index (χ1) is 7.12. The molecule has 0 atom stereocenters. The third kappa shape index (κ3) is 3.47. The molecule has 1 aromatic carbocycles. The van der Waals surface area contributed by atoms with Gasteiger partial charge in [-0.3, -0.25) is 0 Å². The Morgan fingerprint density at radius 1 is 1.31 bits per heavy atom. The van der Waals surface area contributed by atoms with Crippen LogP contribution in [0.2, 0.25) is 0 Å². The van der Waals surface area contributed by atoms with Crippen molar-refractivity contribution in [3.8, 4) is 0 Å². The fourth-order valence-electron chi connectivity index (χ4n) is 1.19. The molecule has 0 saturated heterocycles. The first-order valence-electron chi connectivity index (χ1n) is 4.71. The lowest BCUT2D eigenvalue weighted by Crippen LogP contribution is -2.40. The van der Waals surface area contributed by atoms with Gasteiger partial charge in [-0.05, 0) is 54.9 Å². The number of hydrogen-bond acceptors (Lipinski definition) is 3. The molecule has 16 heavy (non-hydrogen) atoms. The smallest absolute Gasteiger partial charge is 0.242 e. The number of benzene rings is 1. The van der Waals surface area contributed by atoms with E-state index in [1.165, 1.54) is 6.07 Å². The average molecular weight is 307 g/mol. The van der Waals surface area contributed by atoms with Gasteiger partial charge in [-0.25, -0.2) is 13.1 Å². The van der Waals surface area contributed by atoms with Crippen LogP contribution in [0.4, 0.5) is 5.69 Å². The molecular weight excluding hydrogens is 292 g/mol. The third-order valence-electron chi connectivity index (χ3n) is 1.69. The lowest BCUT2D eigenvalue weighted by molar-refractivity contribution is 0.491. The Morgan fingerprint density at radius 3 is 2.31 bits per heavy atom. The second kappa shape index (κ2) is 4.35. The summed E-state index contributed by atoms with van der Waals surface area (Å²) in [5, 5.41) is 0. The highest BCUT2D eigenvalue weighted by atomic mass is 79.9. The van der Waals surface area contributed by atoms with Crippen LogP contribution >= 0.6 is 15.9 Å². The molecule has 0 unspecified atom stereocenters. The number of nitrogens with two attached hydrogens (primary N) is 1. The molecule has 90 valence electrons. The largest absolute Gasteiger partial charge is 0.399 e. The lowest BCUT2D eigenvalue weighted by Gasteiger charge is -2.20. The van der Waals surface area contributed by atoms with Crippen molar-refractivity contribution in [1.29, 1.82) is 0 Å². The van der Waals surface area contributed by atoms with Crippen LogP contribution in [-0.2, 0) is 10.0 Å². The SMILES string of the molecule is CC(C)(C)NS(=O)(=O)c1ccc(N)cc1Br. The zero-order valence-corrected chi connectivity index (χ0v) is 11.8. The van der Waals surface area contributed by atoms with E-state index in [1.54, 1.807) is 32.9 Å². The summed E-state index contributed by atoms with van der Waals surface area (Å²) in [6.45, 7) is 5.36. The molecule has 0 fully saturated rings. The molecule has 4 nitrogen and oxygen atoms in total. The van der Waals surface area contributed by atoms with E-state index in [9.17, 15) is 8.42 Å². The summed E-state index contributed by atoms with van der Waals surface area (Å²) in [4.78, 5) is 0.191. The number of halogens is 1. The van der Waals surface area contributed by atoms with Gasteiger partial charge in [-0.1, -0.05) is 0 Å². The first kappa shape index (κ1) is 13.5. The maximum Gasteiger partial charge on any atom is 0.242 e. The normalized spacial score (nSPS) is 12.8. The van der Waals surface area contributed by atoms with Crippen molar-refractivity contribution in [3.63, 3.8) is 0 Å². The number of anilines is 1. The Hall–Kier alpha value is -0.590. The van der Waals surface area contributed by atoms with Gasteiger partial charge in [0.2, 0.25) is 10.0 Å². The second-order valence-electron chi connectivity index (χ2n) is 4.55. The van der Waals surface area contributed by atoms with E-state index >= 15 is 0 Å². The molecular formula is C10H15BrN2O2S. The van der Waals surface area contributed by atoms with Crippen molar-refractivity contribution in [3.05, 3.63) is 22.7 Å². The standard InChI is InChI=1S/C10H15BrN2O2S/c1-10(2,3)13-16(14,15)9-5-4-7(12)6-8(9)11/h4-6,13H,12H2,1-3H3. The number of hydrogen-bond donors (Lipinski definition) is 2. The van der Waals surface area contributed by atoms with Crippen LogP contribution in [0.3, 0.4) is 0 Å². The number of sulfonamides is 1. The summed E-state index contributed by atoms with van der Waals surface area (Å²) in [5.41, 5.74) is 5.55. The van der Waals surface area contributed by atoms with E-state index in [4.69, 9.17) is 5.73 Å². The monoisotopic (exact) mass is 306 g/mol. The maximum absolute atomic E-state index is 12.0. The predicted molar refractivity (Wildman–Crippen MR) is 68.6 cm³/mol. The van der Waals surface area contributed by atoms with Crippen molar-refractivity contribution in [2.75, 3.05) is 5.73 Å². The second-order valence-corrected chi connectivity index (χ2v) is 7.05. The fourth-order valence-corrected chi connectivity index (χ4v) is 3.71. The minimum atomic E-state index is -3.52. The highest BCUT2D eigenvalue weighted by molar-refractivity contribution is 9.10. The fraction of sp³-hybridized carbons (Fsp3) is 0.400. The van der Waals surface area contributed by atoms with Gasteiger partial charge >= 0.3 is 0 Å². The van der Waals surface area contributed by atoms with Gasteiger partial charge in [-0.15, -0.1) is 0 Å². The van der Waals surface area contributed by atoms with Crippen LogP contribution in [0.1, 0.15) is 20.8 Å². The van der Waals surface area contributed by atoms with E-state index in [0.717, 1.165) is 0 Å². The Labute approximate surface area is 104 Å². The van der Waals surface area contributed by atoms with Gasteiger partial charge in [0.15, 0.2) is 0 Å². The maximum atomic E-state index is 12.0. The molecule has 0 spiro atoms. The molecule has 3 N–H and O–H groups in total. The molecule has 0 saturated carbocycles. The lowest BCUT2D eigenvalue weighted by atomic mass is 10.1. The van der Waals surface area contributed by atoms with Crippen LogP contribution in [0.25, 0.3) is 0 Å². The third-order valence-corrected chi connectivity index (χ3v) is 4.42. The van der Waals surface area contributed by atoms with Crippen molar-refractivity contribution in [2.45, 2.75) is 31.2 Å². The molecule has 1 rings (SSSR count). The Bertz CT molecular complexity index is 492. The van der Waals surface area contributed by atoms with Crippen LogP contribution in [-0.4, -0.2) is 14.0 Å². The van der Waals surface area contributed by atoms with Crippen molar-refractivity contribution < 1.29 is 8.42 Å². The molecule has 1 aromatic rings. The highest BCUT2D eigenvalue weighted by Gasteiger charge is 2.23. The molecule has 0 aliphatic rings. The van der Waals surface area contributed by atoms with Crippen LogP contribution < -0.4 is 10.5 Å². The summed E-state index contributed by atoms with van der Waals surface area (Å²) in [6, 6.07) is 4.60. The van der Waals surface area contributed by atoms with Gasteiger partial charge in [-0.2, -0.15) is 0 Å². The van der Waals surface area contributed by atoms with E-state index in [0.29, 0.717) is 10.2 Å². The molecule has 0 bridgehead atoms. The molecule has 0 amide bonds. The van der Waals surface area contributed by atoms with E-state index < -0.39 is 15.6 Å². The summed E-state index contributed by atoms with van der Waals surface area (Å²) >= 11 is 3.19. The molecule has 6 heteroatoms. The zero-order valence-electron chi connectivity index (χ0n) is 9.41. The molecule has 0 radical (unpaired) electrons. The quantitative estimate of drug-likeness (QED) is 0.822. The van der Waals surface area contributed by atoms with Crippen LogP contribution in [0, 0.1) is 0 Å². The summed E-state index contributed by atoms with van der Waals surface area (Å²) < 4.78 is 27.0. The predicted octanol–water partition coefficient (Wildman–Crippen LogP) is 2.11. The molecule has 0 aliphatic heterocycles.